The molecular formula is C54H70N12O13S. The Morgan fingerprint density at radius 1 is 0.812 bits per heavy atom. The summed E-state index contributed by atoms with van der Waals surface area (Å²) in [6.07, 6.45) is -1.95. The molecule has 26 heteroatoms. The monoisotopic (exact) mass is 1130 g/mol. The van der Waals surface area contributed by atoms with Gasteiger partial charge in [-0.05, 0) is 94.2 Å². The number of aromatic nitrogens is 4. The van der Waals surface area contributed by atoms with Crippen molar-refractivity contribution >= 4 is 70.3 Å². The Hall–Kier alpha value is -8.16. The van der Waals surface area contributed by atoms with Crippen molar-refractivity contribution in [2.75, 3.05) is 25.0 Å². The number of hydrogen-bond donors (Lipinski definition) is 4. The van der Waals surface area contributed by atoms with E-state index >= 15 is 0 Å². The van der Waals surface area contributed by atoms with E-state index in [0.29, 0.717) is 0 Å². The molecule has 3 aliphatic rings. The molecule has 2 aromatic heterocycles. The van der Waals surface area contributed by atoms with Crippen molar-refractivity contribution in [3.05, 3.63) is 94.8 Å². The van der Waals surface area contributed by atoms with Crippen molar-refractivity contribution in [1.82, 2.24) is 45.7 Å². The number of β-lactam (4-membered cyclic amide) rings is 1. The molecule has 3 fully saturated rings. The standard InChI is InChI=1S/C54H70N12O13S/c1-50(2,3)75-46(70)60-44(65(49(73)78-53(10,11)12)29-32-27-64(28-32)48(72)77-52(7,8)9)55-25-35-26-56-66(62-35)30-36-38(41(67)57-36)59-42(68)39(37-31-80-45(58-37)61-47(71)76-51(4,5)6)63-79-54(23-24-54)43(69)74-40(33-19-15-13-16-20-33)34-21-17-14-18-22-34/h13-22,26,31-32,36,38,40H,23-25,27-30H2,1-12H3,(H,57,67)(H,59,68)(H,55,60,70)(H,58,61,71)/t36-,38+/m1/s1. The van der Waals surface area contributed by atoms with Crippen LogP contribution in [0.5, 0.6) is 0 Å². The van der Waals surface area contributed by atoms with Crippen LogP contribution in [0.1, 0.15) is 125 Å². The van der Waals surface area contributed by atoms with Crippen molar-refractivity contribution < 1.29 is 62.1 Å². The zero-order valence-corrected chi connectivity index (χ0v) is 47.8. The molecule has 430 valence electrons. The third-order valence-corrected chi connectivity index (χ3v) is 12.3. The molecule has 1 aliphatic carbocycles. The van der Waals surface area contributed by atoms with Crippen molar-refractivity contribution in [2.45, 2.75) is 155 Å². The molecule has 4 aromatic rings. The van der Waals surface area contributed by atoms with Crippen LogP contribution in [0.3, 0.4) is 0 Å². The second-order valence-corrected chi connectivity index (χ2v) is 24.2. The van der Waals surface area contributed by atoms with Crippen LogP contribution in [0.15, 0.2) is 82.4 Å². The minimum Gasteiger partial charge on any atom is -0.450 e. The van der Waals surface area contributed by atoms with Gasteiger partial charge in [-0.3, -0.25) is 20.2 Å². The molecule has 2 aliphatic heterocycles. The van der Waals surface area contributed by atoms with Gasteiger partial charge in [-0.1, -0.05) is 65.8 Å². The van der Waals surface area contributed by atoms with Crippen molar-refractivity contribution in [3.63, 3.8) is 0 Å². The highest BCUT2D eigenvalue weighted by atomic mass is 32.1. The van der Waals surface area contributed by atoms with Gasteiger partial charge in [0.1, 0.15) is 39.8 Å². The fraction of sp³-hybridized carbons (Fsp3) is 0.519. The number of amides is 6. The van der Waals surface area contributed by atoms with E-state index in [-0.39, 0.29) is 74.0 Å². The Morgan fingerprint density at radius 2 is 1.40 bits per heavy atom. The molecule has 0 bridgehead atoms. The van der Waals surface area contributed by atoms with Gasteiger partial charge in [0.05, 0.1) is 25.3 Å². The predicted octanol–water partition coefficient (Wildman–Crippen LogP) is 6.84. The van der Waals surface area contributed by atoms with Crippen molar-refractivity contribution in [3.8, 4) is 0 Å². The van der Waals surface area contributed by atoms with Crippen LogP contribution in [0.25, 0.3) is 0 Å². The molecule has 2 atom stereocenters. The van der Waals surface area contributed by atoms with Gasteiger partial charge in [-0.15, -0.1) is 11.3 Å². The number of esters is 1. The first-order valence-corrected chi connectivity index (χ1v) is 26.9. The van der Waals surface area contributed by atoms with E-state index in [1.807, 2.05) is 60.7 Å². The van der Waals surface area contributed by atoms with Gasteiger partial charge in [0.2, 0.25) is 17.5 Å². The number of rotatable bonds is 16. The maximum atomic E-state index is 14.3. The maximum Gasteiger partial charge on any atom is 0.417 e. The largest absolute Gasteiger partial charge is 0.450 e. The fourth-order valence-electron chi connectivity index (χ4n) is 7.78. The zero-order chi connectivity index (χ0) is 58.4. The molecule has 4 N–H and O–H groups in total. The number of ether oxygens (including phenoxy) is 5. The van der Waals surface area contributed by atoms with Gasteiger partial charge in [-0.2, -0.15) is 15.0 Å². The summed E-state index contributed by atoms with van der Waals surface area (Å²) < 4.78 is 28.2. The van der Waals surface area contributed by atoms with E-state index in [1.165, 1.54) is 26.2 Å². The van der Waals surface area contributed by atoms with Crippen molar-refractivity contribution in [1.29, 1.82) is 0 Å². The number of carbonyl (C=O) groups excluding carboxylic acids is 7. The van der Waals surface area contributed by atoms with E-state index in [0.717, 1.165) is 22.5 Å². The SMILES string of the molecule is CC(C)(C)OC(=O)NC(=NCc1cnn(C[C@H]2NC(=O)[C@H]2NC(=O)C(=NOC2(C(=O)OC(c3ccccc3)c3ccccc3)CC2)c2csc(NC(=O)OC(C)(C)C)n2)n1)N(CC1CN(C(=O)OC(C)(C)C)C1)C(=O)OC(C)(C)C. The molecule has 0 spiro atoms. The Labute approximate surface area is 467 Å². The van der Waals surface area contributed by atoms with Crippen LogP contribution in [0.2, 0.25) is 0 Å². The number of anilines is 1. The van der Waals surface area contributed by atoms with E-state index in [9.17, 15) is 33.6 Å². The summed E-state index contributed by atoms with van der Waals surface area (Å²) in [7, 11) is 0. The molecule has 2 aromatic carbocycles. The molecular weight excluding hydrogens is 1060 g/mol. The minimum absolute atomic E-state index is 0.00742. The lowest BCUT2D eigenvalue weighted by Crippen LogP contribution is -2.70. The smallest absolute Gasteiger partial charge is 0.417 e. The number of aliphatic imine (C=N–C) groups is 1. The van der Waals surface area contributed by atoms with Crippen LogP contribution in [0, 0.1) is 5.92 Å². The number of likely N-dealkylation sites (tertiary alicyclic amines) is 1. The summed E-state index contributed by atoms with van der Waals surface area (Å²) in [4.78, 5) is 113. The Bertz CT molecular complexity index is 2920. The van der Waals surface area contributed by atoms with E-state index in [4.69, 9.17) is 28.5 Å². The number of oxime groups is 1. The first kappa shape index (κ1) is 59.5. The average molecular weight is 1130 g/mol. The number of benzene rings is 2. The average Bonchev–Trinajstić information content (AvgIpc) is 3.76. The molecule has 25 nitrogen and oxygen atoms in total. The highest BCUT2D eigenvalue weighted by Gasteiger charge is 2.57. The summed E-state index contributed by atoms with van der Waals surface area (Å²) >= 11 is 0.967. The maximum absolute atomic E-state index is 14.3. The van der Waals surface area contributed by atoms with Gasteiger partial charge in [0.25, 0.3) is 5.91 Å². The topological polar surface area (TPSA) is 298 Å². The lowest BCUT2D eigenvalue weighted by Gasteiger charge is -2.41. The lowest BCUT2D eigenvalue weighted by molar-refractivity contribution is -0.164. The zero-order valence-electron chi connectivity index (χ0n) is 47.0. The van der Waals surface area contributed by atoms with Gasteiger partial charge < -0.3 is 44.1 Å². The molecule has 4 heterocycles. The van der Waals surface area contributed by atoms with Gasteiger partial charge in [0, 0.05) is 43.8 Å². The van der Waals surface area contributed by atoms with Crippen LogP contribution < -0.4 is 21.3 Å². The predicted molar refractivity (Wildman–Crippen MR) is 291 cm³/mol. The van der Waals surface area contributed by atoms with Crippen LogP contribution in [-0.4, -0.2) is 143 Å². The number of nitrogens with zero attached hydrogens (tertiary/aromatic N) is 8. The summed E-state index contributed by atoms with van der Waals surface area (Å²) in [5.74, 6) is -2.61. The lowest BCUT2D eigenvalue weighted by atomic mass is 9.98. The molecule has 0 radical (unpaired) electrons. The normalized spacial score (nSPS) is 17.4. The summed E-state index contributed by atoms with van der Waals surface area (Å²) in [5, 5.41) is 25.2. The molecule has 2 saturated heterocycles. The quantitative estimate of drug-likeness (QED) is 0.0223. The number of thiazole rings is 1. The summed E-state index contributed by atoms with van der Waals surface area (Å²) in [5.41, 5.74) is -3.67. The third-order valence-electron chi connectivity index (χ3n) is 11.6. The molecule has 80 heavy (non-hydrogen) atoms. The van der Waals surface area contributed by atoms with E-state index in [2.05, 4.69) is 46.6 Å². The molecule has 0 unspecified atom stereocenters. The minimum atomic E-state index is -1.55. The Balaban J connectivity index is 1.08. The first-order valence-electron chi connectivity index (χ1n) is 26.0. The summed E-state index contributed by atoms with van der Waals surface area (Å²) in [6, 6.07) is 16.5. The number of hydrogen-bond acceptors (Lipinski definition) is 19. The Kier molecular flexibility index (Phi) is 17.9. The van der Waals surface area contributed by atoms with E-state index < -0.39 is 94.1 Å². The van der Waals surface area contributed by atoms with Gasteiger partial charge in [0.15, 0.2) is 16.9 Å². The first-order chi connectivity index (χ1) is 37.4. The van der Waals surface area contributed by atoms with E-state index in [1.54, 1.807) is 83.1 Å². The second kappa shape index (κ2) is 24.1. The summed E-state index contributed by atoms with van der Waals surface area (Å²) in [6.45, 7) is 20.7. The fourth-order valence-corrected chi connectivity index (χ4v) is 8.46. The third kappa shape index (κ3) is 16.9. The molecule has 6 amide bonds. The second-order valence-electron chi connectivity index (χ2n) is 23.4. The van der Waals surface area contributed by atoms with Crippen LogP contribution >= 0.6 is 11.3 Å². The molecule has 1 saturated carbocycles. The number of guanidine groups is 1. The highest BCUT2D eigenvalue weighted by Crippen LogP contribution is 2.43. The van der Waals surface area contributed by atoms with Crippen LogP contribution in [-0.2, 0) is 56.0 Å². The van der Waals surface area contributed by atoms with Crippen LogP contribution in [0.4, 0.5) is 24.3 Å². The van der Waals surface area contributed by atoms with Gasteiger partial charge in [-0.25, -0.2) is 38.8 Å². The van der Waals surface area contributed by atoms with Crippen molar-refractivity contribution in [2.24, 2.45) is 16.1 Å². The highest BCUT2D eigenvalue weighted by molar-refractivity contribution is 7.14. The number of carbonyl (C=O) groups is 7. The number of nitrogens with one attached hydrogen (secondary N) is 4. The number of alkyl carbamates (subject to hydrolysis) is 1. The van der Waals surface area contributed by atoms with Gasteiger partial charge >= 0.3 is 30.3 Å². The Morgan fingerprint density at radius 3 is 1.96 bits per heavy atom. The molecule has 7 rings (SSSR count).